The summed E-state index contributed by atoms with van der Waals surface area (Å²) in [5.74, 6) is 53.1. The maximum absolute atomic E-state index is 4.07. The Morgan fingerprint density at radius 1 is 0.153 bits per heavy atom. The number of hydrogen-bond donors (Lipinski definition) is 0. The number of aryl methyl sites for hydroxylation is 4. The molecule has 0 unspecified atom stereocenters. The number of benzene rings is 21. The molecule has 730 valence electrons. The molecule has 0 aliphatic heterocycles. The van der Waals surface area contributed by atoms with Crippen molar-refractivity contribution in [1.29, 1.82) is 0 Å². The van der Waals surface area contributed by atoms with Gasteiger partial charge in [-0.15, -0.1) is 11.1 Å². The maximum atomic E-state index is 4.07. The molecule has 21 aromatic carbocycles. The Morgan fingerprint density at radius 2 is 0.287 bits per heavy atom. The number of fused-ring (bicyclic) bond motifs is 14. The molecular weight excluding hydrogens is 1830 g/mol. The molecule has 0 aliphatic rings. The lowest BCUT2D eigenvalue weighted by molar-refractivity contribution is 0.802. The zero-order valence-corrected chi connectivity index (χ0v) is 92.0. The molecule has 2 heteroatoms. The molecular formula is C148H130Si2. The van der Waals surface area contributed by atoms with E-state index in [4.69, 9.17) is 0 Å². The summed E-state index contributed by atoms with van der Waals surface area (Å²) < 4.78 is 0. The highest BCUT2D eigenvalue weighted by Crippen LogP contribution is 2.46. The quantitative estimate of drug-likeness (QED) is 0.0456. The molecule has 0 nitrogen and oxygen atoms in total. The topological polar surface area (TPSA) is 0 Å². The Labute approximate surface area is 890 Å². The van der Waals surface area contributed by atoms with E-state index in [-0.39, 0.29) is 0 Å². The predicted molar refractivity (Wildman–Crippen MR) is 656 cm³/mol. The van der Waals surface area contributed by atoms with E-state index in [9.17, 15) is 0 Å². The van der Waals surface area contributed by atoms with Gasteiger partial charge in [-0.3, -0.25) is 0 Å². The van der Waals surface area contributed by atoms with Crippen LogP contribution in [-0.2, 0) is 25.7 Å². The second-order valence-electron chi connectivity index (χ2n) is 43.6. The van der Waals surface area contributed by atoms with Gasteiger partial charge in [0.25, 0.3) is 0 Å². The van der Waals surface area contributed by atoms with Crippen LogP contribution >= 0.6 is 0 Å². The summed E-state index contributed by atoms with van der Waals surface area (Å²) in [6.07, 6.45) is 12.6. The lowest BCUT2D eigenvalue weighted by atomic mass is 9.89. The van der Waals surface area contributed by atoms with Crippen molar-refractivity contribution < 1.29 is 0 Å². The highest BCUT2D eigenvalue weighted by atomic mass is 28.3. The Morgan fingerprint density at radius 3 is 0.433 bits per heavy atom. The van der Waals surface area contributed by atoms with Crippen LogP contribution < -0.4 is 0 Å². The zero-order valence-electron chi connectivity index (χ0n) is 90.0. The first-order valence-corrected chi connectivity index (χ1v) is 59.6. The van der Waals surface area contributed by atoms with Crippen LogP contribution in [0, 0.1) is 94.0 Å². The molecule has 0 aliphatic carbocycles. The van der Waals surface area contributed by atoms with E-state index >= 15 is 0 Å². The summed E-state index contributed by atoms with van der Waals surface area (Å²) in [4.78, 5) is 0. The van der Waals surface area contributed by atoms with Crippen molar-refractivity contribution in [1.82, 2.24) is 0 Å². The first-order chi connectivity index (χ1) is 73.1. The molecule has 21 aromatic rings. The molecule has 21 rings (SSSR count). The Balaban J connectivity index is 0.601. The Hall–Kier alpha value is -15.8. The fraction of sp³-hybridized carbons (Fsp3) is 0.230. The lowest BCUT2D eigenvalue weighted by Gasteiger charge is -2.38. The molecule has 0 saturated heterocycles. The van der Waals surface area contributed by atoms with Crippen molar-refractivity contribution in [2.45, 2.75) is 221 Å². The van der Waals surface area contributed by atoms with Crippen LogP contribution in [0.15, 0.2) is 315 Å². The van der Waals surface area contributed by atoms with Crippen LogP contribution in [-0.4, -0.2) is 16.1 Å². The van der Waals surface area contributed by atoms with E-state index in [1.807, 2.05) is 0 Å². The van der Waals surface area contributed by atoms with Gasteiger partial charge in [0.1, 0.15) is 16.1 Å². The average Bonchev–Trinajstić information content (AvgIpc) is 0.754. The minimum absolute atomic E-state index is 0.546. The second-order valence-corrected chi connectivity index (χ2v) is 54.7. The summed E-state index contributed by atoms with van der Waals surface area (Å²) >= 11 is 0. The van der Waals surface area contributed by atoms with E-state index in [0.29, 0.717) is 33.2 Å². The average molecular weight is 1960 g/mol. The standard InChI is InChI=1S/C148H130Si2/c1-17-21-59-123-127-63-31-45-109(141(127)93-143-111(47-33-65-129(123)143)79-73-105-41-27-55-119-88-121-57-29-43-107(139(121)91-137(105)119)75-81-113-49-35-67-131-125(61-23-19-3)133-69-37-51-115(147(133)95-145(113)131)83-85-149(97(5)6,98(7)8)99(9)10)77-71-103-39-25-53-117-87-118-54-26-40-104(136(118)90-135(103)117)72-78-110-46-32-64-128-124(60-22-18-2)130-66-34-48-112(144(130)94-142(110)128)80-74-106-42-28-56-120-89-122-58-30-44-108(140(122)92-138(106)120)76-82-114-50-36-68-132-126(62-24-20-4)134-70-38-52-116(148(134)96-146(114)132)84-86-150(100(11)12,101(13)14)102(15)16/h25-58,63-70,87-102H,17-24,59-62H2,1-16H3. The molecule has 0 spiro atoms. The van der Waals surface area contributed by atoms with Gasteiger partial charge in [-0.1, -0.05) is 389 Å². The van der Waals surface area contributed by atoms with Crippen LogP contribution in [0.5, 0.6) is 0 Å². The fourth-order valence-corrected chi connectivity index (χ4v) is 35.7. The van der Waals surface area contributed by atoms with Gasteiger partial charge in [0, 0.05) is 77.9 Å². The molecule has 0 saturated carbocycles. The van der Waals surface area contributed by atoms with Gasteiger partial charge in [0.15, 0.2) is 0 Å². The van der Waals surface area contributed by atoms with E-state index in [2.05, 4.69) is 520 Å². The number of hydrogen-bond acceptors (Lipinski definition) is 0. The third-order valence-corrected chi connectivity index (χ3v) is 45.5. The molecule has 0 bridgehead atoms. The van der Waals surface area contributed by atoms with Crippen molar-refractivity contribution in [3.8, 4) is 94.0 Å². The first kappa shape index (κ1) is 100. The predicted octanol–water partition coefficient (Wildman–Crippen LogP) is 38.7. The van der Waals surface area contributed by atoms with Crippen LogP contribution in [0.1, 0.15) is 262 Å². The molecule has 0 heterocycles. The minimum Gasteiger partial charge on any atom is -0.125 e. The highest BCUT2D eigenvalue weighted by molar-refractivity contribution is 6.91. The van der Waals surface area contributed by atoms with Gasteiger partial charge >= 0.3 is 0 Å². The maximum Gasteiger partial charge on any atom is 0.146 e. The van der Waals surface area contributed by atoms with Crippen molar-refractivity contribution in [2.24, 2.45) is 0 Å². The van der Waals surface area contributed by atoms with E-state index < -0.39 is 16.1 Å². The zero-order chi connectivity index (χ0) is 104. The first-order valence-electron chi connectivity index (χ1n) is 55.1. The molecule has 0 N–H and O–H groups in total. The van der Waals surface area contributed by atoms with Crippen molar-refractivity contribution >= 4 is 167 Å². The molecule has 0 amide bonds. The van der Waals surface area contributed by atoms with E-state index in [1.165, 1.54) is 86.9 Å². The van der Waals surface area contributed by atoms with Gasteiger partial charge in [-0.05, 0) is 403 Å². The number of unbranched alkanes of at least 4 members (excludes halogenated alkanes) is 4. The van der Waals surface area contributed by atoms with E-state index in [1.54, 1.807) is 0 Å². The van der Waals surface area contributed by atoms with Crippen molar-refractivity contribution in [2.75, 3.05) is 0 Å². The third-order valence-electron chi connectivity index (χ3n) is 32.9. The van der Waals surface area contributed by atoms with Crippen LogP contribution in [0.4, 0.5) is 0 Å². The molecule has 0 radical (unpaired) electrons. The summed E-state index contributed by atoms with van der Waals surface area (Å²) in [5, 5.41) is 32.9. The summed E-state index contributed by atoms with van der Waals surface area (Å²) in [6.45, 7) is 38.0. The third kappa shape index (κ3) is 19.0. The minimum atomic E-state index is -2.00. The van der Waals surface area contributed by atoms with Gasteiger partial charge in [-0.2, -0.15) is 0 Å². The number of rotatable bonds is 18. The van der Waals surface area contributed by atoms with Crippen molar-refractivity contribution in [3.63, 3.8) is 0 Å². The van der Waals surface area contributed by atoms with Gasteiger partial charge in [0.2, 0.25) is 0 Å². The summed E-state index contributed by atoms with van der Waals surface area (Å²) in [5.41, 5.74) is 31.0. The smallest absolute Gasteiger partial charge is 0.125 e. The molecule has 0 atom stereocenters. The Bertz CT molecular complexity index is 9060. The SMILES string of the molecule is CCCCc1c2cccc(C#Cc3cccc4cc5cccc(C#Cc6cccc7c(CCCC)c8cccc(C#Cc9cccc%10cc%11cccc(C#Cc%12cccc%13c(CCCC)c%14cccc(C#C[Si](C(C)C)(C(C)C)C(C)C)c%14cc%12%13)c%11cc9%10)c8cc67)c5cc34)c2cc2c(C#Cc3cccc4cc5cccc(C#Cc6cccc7c(CCCC)c8cccc(C#C[Si](C(C)C)(C(C)C)C(C)C)c8cc67)c5cc34)cccc12. The second kappa shape index (κ2) is 43.2. The van der Waals surface area contributed by atoms with E-state index in [0.717, 1.165) is 241 Å². The molecule has 150 heavy (non-hydrogen) atoms. The summed E-state index contributed by atoms with van der Waals surface area (Å²) in [7, 11) is -4.00. The fourth-order valence-electron chi connectivity index (χ4n) is 25.2. The largest absolute Gasteiger partial charge is 0.146 e. The van der Waals surface area contributed by atoms with Crippen LogP contribution in [0.25, 0.3) is 151 Å². The van der Waals surface area contributed by atoms with Gasteiger partial charge in [-0.25, -0.2) is 0 Å². The Kier molecular flexibility index (Phi) is 28.8. The van der Waals surface area contributed by atoms with Gasteiger partial charge in [0.05, 0.1) is 0 Å². The van der Waals surface area contributed by atoms with Crippen LogP contribution in [0.3, 0.4) is 0 Å². The normalized spacial score (nSPS) is 11.7. The van der Waals surface area contributed by atoms with Crippen LogP contribution in [0.2, 0.25) is 33.2 Å². The van der Waals surface area contributed by atoms with Crippen molar-refractivity contribution in [3.05, 3.63) is 416 Å². The highest BCUT2D eigenvalue weighted by Gasteiger charge is 2.43. The molecule has 0 aromatic heterocycles. The molecule has 0 fully saturated rings. The van der Waals surface area contributed by atoms with Gasteiger partial charge < -0.3 is 0 Å². The monoisotopic (exact) mass is 1960 g/mol. The lowest BCUT2D eigenvalue weighted by Crippen LogP contribution is -2.43. The summed E-state index contributed by atoms with van der Waals surface area (Å²) in [6, 6.07) is 116.